The Morgan fingerprint density at radius 2 is 1.55 bits per heavy atom. The number of aromatic nitrogens is 2. The van der Waals surface area contributed by atoms with Gasteiger partial charge in [-0.25, -0.2) is 9.97 Å². The average molecular weight is 261 g/mol. The molecule has 0 bridgehead atoms. The van der Waals surface area contributed by atoms with Gasteiger partial charge in [0.05, 0.1) is 12.2 Å². The summed E-state index contributed by atoms with van der Waals surface area (Å²) in [5, 5.41) is 3.35. The third-order valence-corrected chi connectivity index (χ3v) is 3.11. The van der Waals surface area contributed by atoms with Crippen LogP contribution in [0.2, 0.25) is 0 Å². The summed E-state index contributed by atoms with van der Waals surface area (Å²) in [4.78, 5) is 8.09. The lowest BCUT2D eigenvalue weighted by molar-refractivity contribution is 1.01. The van der Waals surface area contributed by atoms with Gasteiger partial charge in [-0.3, -0.25) is 0 Å². The average Bonchev–Trinajstić information content (AvgIpc) is 2.55. The van der Waals surface area contributed by atoms with E-state index in [1.54, 1.807) is 12.5 Å². The highest BCUT2D eigenvalue weighted by Gasteiger charge is 1.98. The van der Waals surface area contributed by atoms with Crippen LogP contribution in [0.4, 0.5) is 5.69 Å². The van der Waals surface area contributed by atoms with Crippen LogP contribution in [0.15, 0.2) is 73.2 Å². The maximum Gasteiger partial charge on any atom is 0.115 e. The number of anilines is 1. The van der Waals surface area contributed by atoms with Gasteiger partial charge in [-0.1, -0.05) is 42.5 Å². The van der Waals surface area contributed by atoms with Gasteiger partial charge in [0.15, 0.2) is 0 Å². The minimum Gasteiger partial charge on any atom is -0.379 e. The first kappa shape index (κ1) is 12.4. The van der Waals surface area contributed by atoms with E-state index in [1.165, 1.54) is 11.1 Å². The summed E-state index contributed by atoms with van der Waals surface area (Å²) in [6, 6.07) is 20.7. The Morgan fingerprint density at radius 1 is 0.800 bits per heavy atom. The molecule has 0 saturated heterocycles. The molecule has 0 radical (unpaired) electrons. The predicted molar refractivity (Wildman–Crippen MR) is 81.2 cm³/mol. The lowest BCUT2D eigenvalue weighted by Gasteiger charge is -2.07. The van der Waals surface area contributed by atoms with Gasteiger partial charge in [-0.2, -0.15) is 0 Å². The Balaban J connectivity index is 1.68. The van der Waals surface area contributed by atoms with E-state index in [0.29, 0.717) is 6.54 Å². The normalized spacial score (nSPS) is 10.2. The second-order valence-corrected chi connectivity index (χ2v) is 4.50. The summed E-state index contributed by atoms with van der Waals surface area (Å²) in [6.45, 7) is 0.702. The molecular formula is C17H15N3. The van der Waals surface area contributed by atoms with Gasteiger partial charge in [0.25, 0.3) is 0 Å². The van der Waals surface area contributed by atoms with Crippen molar-refractivity contribution in [3.05, 3.63) is 78.9 Å². The topological polar surface area (TPSA) is 37.8 Å². The van der Waals surface area contributed by atoms with E-state index in [-0.39, 0.29) is 0 Å². The first-order chi connectivity index (χ1) is 9.92. The molecule has 3 heteroatoms. The summed E-state index contributed by atoms with van der Waals surface area (Å²) in [5.41, 5.74) is 4.52. The summed E-state index contributed by atoms with van der Waals surface area (Å²) < 4.78 is 0. The van der Waals surface area contributed by atoms with Crippen molar-refractivity contribution in [2.24, 2.45) is 0 Å². The molecule has 3 rings (SSSR count). The van der Waals surface area contributed by atoms with Crippen LogP contribution >= 0.6 is 0 Å². The van der Waals surface area contributed by atoms with Gasteiger partial charge < -0.3 is 5.32 Å². The fourth-order valence-corrected chi connectivity index (χ4v) is 2.03. The second kappa shape index (κ2) is 5.97. The first-order valence-electron chi connectivity index (χ1n) is 6.56. The van der Waals surface area contributed by atoms with Crippen molar-refractivity contribution >= 4 is 5.69 Å². The number of hydrogen-bond donors (Lipinski definition) is 1. The Hall–Kier alpha value is -2.68. The largest absolute Gasteiger partial charge is 0.379 e. The van der Waals surface area contributed by atoms with Crippen LogP contribution in [0.25, 0.3) is 11.1 Å². The predicted octanol–water partition coefficient (Wildman–Crippen LogP) is 3.76. The quantitative estimate of drug-likeness (QED) is 0.777. The molecule has 3 aromatic rings. The van der Waals surface area contributed by atoms with Crippen LogP contribution in [-0.2, 0) is 6.54 Å². The van der Waals surface area contributed by atoms with Gasteiger partial charge >= 0.3 is 0 Å². The Labute approximate surface area is 118 Å². The standard InChI is InChI=1S/C17H15N3/c1-2-4-14(5-3-1)15-6-8-16(9-7-15)19-12-17-10-11-18-13-20-17/h1-11,13,19H,12H2. The molecule has 1 heterocycles. The van der Waals surface area contributed by atoms with Gasteiger partial charge in [0, 0.05) is 11.9 Å². The van der Waals surface area contributed by atoms with E-state index < -0.39 is 0 Å². The zero-order valence-corrected chi connectivity index (χ0v) is 11.0. The van der Waals surface area contributed by atoms with E-state index in [4.69, 9.17) is 0 Å². The van der Waals surface area contributed by atoms with Crippen molar-refractivity contribution in [1.29, 1.82) is 0 Å². The van der Waals surface area contributed by atoms with Crippen molar-refractivity contribution in [2.45, 2.75) is 6.54 Å². The molecule has 1 aromatic heterocycles. The first-order valence-corrected chi connectivity index (χ1v) is 6.56. The van der Waals surface area contributed by atoms with Crippen molar-refractivity contribution in [2.75, 3.05) is 5.32 Å². The molecule has 1 N–H and O–H groups in total. The van der Waals surface area contributed by atoms with Crippen LogP contribution in [0.1, 0.15) is 5.69 Å². The second-order valence-electron chi connectivity index (χ2n) is 4.50. The highest BCUT2D eigenvalue weighted by molar-refractivity contribution is 5.65. The van der Waals surface area contributed by atoms with Crippen LogP contribution in [0.3, 0.4) is 0 Å². The molecule has 0 unspecified atom stereocenters. The van der Waals surface area contributed by atoms with E-state index in [1.807, 2.05) is 12.1 Å². The maximum atomic E-state index is 4.19. The molecular weight excluding hydrogens is 246 g/mol. The zero-order chi connectivity index (χ0) is 13.6. The number of rotatable bonds is 4. The van der Waals surface area contributed by atoms with Crippen LogP contribution in [0, 0.1) is 0 Å². The smallest absolute Gasteiger partial charge is 0.115 e. The summed E-state index contributed by atoms with van der Waals surface area (Å²) in [6.07, 6.45) is 3.32. The maximum absolute atomic E-state index is 4.19. The number of hydrogen-bond acceptors (Lipinski definition) is 3. The fraction of sp³-hybridized carbons (Fsp3) is 0.0588. The molecule has 0 saturated carbocycles. The van der Waals surface area contributed by atoms with Crippen LogP contribution in [-0.4, -0.2) is 9.97 Å². The summed E-state index contributed by atoms with van der Waals surface area (Å²) in [7, 11) is 0. The SMILES string of the molecule is c1ccc(-c2ccc(NCc3ccncn3)cc2)cc1. The number of nitrogens with one attached hydrogen (secondary N) is 1. The molecule has 0 aliphatic heterocycles. The molecule has 3 nitrogen and oxygen atoms in total. The third-order valence-electron chi connectivity index (χ3n) is 3.11. The van der Waals surface area contributed by atoms with E-state index >= 15 is 0 Å². The lowest BCUT2D eigenvalue weighted by Crippen LogP contribution is -2.01. The monoisotopic (exact) mass is 261 g/mol. The molecule has 0 atom stereocenters. The zero-order valence-electron chi connectivity index (χ0n) is 11.0. The van der Waals surface area contributed by atoms with E-state index in [0.717, 1.165) is 11.4 Å². The lowest BCUT2D eigenvalue weighted by atomic mass is 10.1. The molecule has 0 spiro atoms. The van der Waals surface area contributed by atoms with Gasteiger partial charge in [0.1, 0.15) is 6.33 Å². The van der Waals surface area contributed by atoms with Gasteiger partial charge in [-0.05, 0) is 29.3 Å². The van der Waals surface area contributed by atoms with Gasteiger partial charge in [0.2, 0.25) is 0 Å². The van der Waals surface area contributed by atoms with E-state index in [2.05, 4.69) is 63.8 Å². The third kappa shape index (κ3) is 3.01. The number of nitrogens with zero attached hydrogens (tertiary/aromatic N) is 2. The Kier molecular flexibility index (Phi) is 3.69. The molecule has 2 aromatic carbocycles. The molecule has 0 aliphatic carbocycles. The minimum atomic E-state index is 0.702. The molecule has 98 valence electrons. The fourth-order valence-electron chi connectivity index (χ4n) is 2.03. The molecule has 0 fully saturated rings. The summed E-state index contributed by atoms with van der Waals surface area (Å²) >= 11 is 0. The van der Waals surface area contributed by atoms with Crippen molar-refractivity contribution in [3.63, 3.8) is 0 Å². The van der Waals surface area contributed by atoms with Crippen molar-refractivity contribution in [1.82, 2.24) is 9.97 Å². The van der Waals surface area contributed by atoms with Crippen LogP contribution in [0.5, 0.6) is 0 Å². The van der Waals surface area contributed by atoms with Gasteiger partial charge in [-0.15, -0.1) is 0 Å². The van der Waals surface area contributed by atoms with Crippen molar-refractivity contribution < 1.29 is 0 Å². The highest BCUT2D eigenvalue weighted by atomic mass is 14.9. The Bertz CT molecular complexity index is 649. The van der Waals surface area contributed by atoms with Crippen molar-refractivity contribution in [3.8, 4) is 11.1 Å². The molecule has 20 heavy (non-hydrogen) atoms. The highest BCUT2D eigenvalue weighted by Crippen LogP contribution is 2.21. The summed E-state index contributed by atoms with van der Waals surface area (Å²) in [5.74, 6) is 0. The van der Waals surface area contributed by atoms with Crippen LogP contribution < -0.4 is 5.32 Å². The van der Waals surface area contributed by atoms with E-state index in [9.17, 15) is 0 Å². The minimum absolute atomic E-state index is 0.702. The molecule has 0 aliphatic rings. The molecule has 0 amide bonds. The Morgan fingerprint density at radius 3 is 2.25 bits per heavy atom. The number of benzene rings is 2.